The zero-order valence-corrected chi connectivity index (χ0v) is 10.1. The van der Waals surface area contributed by atoms with Gasteiger partial charge in [-0.1, -0.05) is 40.3 Å². The Bertz CT molecular complexity index is 133. The van der Waals surface area contributed by atoms with E-state index >= 15 is 0 Å². The minimum Gasteiger partial charge on any atom is -0.334 e. The predicted octanol–water partition coefficient (Wildman–Crippen LogP) is 3.09. The van der Waals surface area contributed by atoms with Crippen molar-refractivity contribution in [2.45, 2.75) is 45.7 Å². The van der Waals surface area contributed by atoms with Crippen LogP contribution in [0.3, 0.4) is 0 Å². The number of rotatable bonds is 5. The van der Waals surface area contributed by atoms with E-state index in [4.69, 9.17) is 0 Å². The van der Waals surface area contributed by atoms with Crippen LogP contribution in [-0.4, -0.2) is 14.8 Å². The van der Waals surface area contributed by atoms with E-state index in [-0.39, 0.29) is 0 Å². The second kappa shape index (κ2) is 4.82. The van der Waals surface area contributed by atoms with Gasteiger partial charge in [0, 0.05) is 0 Å². The van der Waals surface area contributed by atoms with Gasteiger partial charge in [-0.15, -0.1) is 6.58 Å². The van der Waals surface area contributed by atoms with E-state index in [1.807, 2.05) is 0 Å². The fourth-order valence-corrected chi connectivity index (χ4v) is 5.77. The third kappa shape index (κ3) is 2.20. The summed E-state index contributed by atoms with van der Waals surface area (Å²) in [6, 6.07) is 0. The van der Waals surface area contributed by atoms with Crippen molar-refractivity contribution in [1.82, 2.24) is 4.98 Å². The van der Waals surface area contributed by atoms with Crippen molar-refractivity contribution < 1.29 is 0 Å². The fraction of sp³-hybridized carbons (Fsp3) is 0.800. The molecule has 0 aromatic rings. The highest BCUT2D eigenvalue weighted by Crippen LogP contribution is 2.30. The van der Waals surface area contributed by atoms with Gasteiger partial charge in [0.05, 0.1) is 0 Å². The van der Waals surface area contributed by atoms with Crippen molar-refractivity contribution in [2.24, 2.45) is 0 Å². The normalized spacial score (nSPS) is 12.6. The van der Waals surface area contributed by atoms with Crippen molar-refractivity contribution in [3.63, 3.8) is 0 Å². The zero-order valence-electron chi connectivity index (χ0n) is 9.15. The van der Waals surface area contributed by atoms with Crippen LogP contribution in [-0.2, 0) is 0 Å². The molecular weight excluding hydrogens is 162 g/mol. The molecule has 0 saturated heterocycles. The van der Waals surface area contributed by atoms with Gasteiger partial charge in [-0.05, 0) is 17.6 Å². The molecule has 0 rings (SSSR count). The fourth-order valence-electron chi connectivity index (χ4n) is 1.92. The Labute approximate surface area is 78.3 Å². The lowest BCUT2D eigenvalue weighted by Gasteiger charge is -2.36. The molecular formula is C10H23NSi. The van der Waals surface area contributed by atoms with E-state index in [9.17, 15) is 0 Å². The first-order valence-corrected chi connectivity index (χ1v) is 7.13. The Balaban J connectivity index is 4.63. The predicted molar refractivity (Wildman–Crippen MR) is 59.8 cm³/mol. The molecule has 0 bridgehead atoms. The van der Waals surface area contributed by atoms with E-state index in [0.717, 1.165) is 17.6 Å². The first kappa shape index (κ1) is 11.9. The first-order chi connectivity index (χ1) is 5.51. The molecule has 0 fully saturated rings. The second-order valence-corrected chi connectivity index (χ2v) is 8.91. The SMILES string of the molecule is C=C[Si](NCC)(C(C)C)C(C)C. The molecule has 0 unspecified atom stereocenters. The molecule has 0 aliphatic carbocycles. The molecule has 72 valence electrons. The summed E-state index contributed by atoms with van der Waals surface area (Å²) >= 11 is 0. The Morgan fingerprint density at radius 2 is 1.67 bits per heavy atom. The average Bonchev–Trinajstić information content (AvgIpc) is 1.98. The smallest absolute Gasteiger partial charge is 0.155 e. The molecule has 1 N–H and O–H groups in total. The maximum atomic E-state index is 3.99. The number of hydrogen-bond donors (Lipinski definition) is 1. The summed E-state index contributed by atoms with van der Waals surface area (Å²) in [5.41, 5.74) is 3.66. The summed E-state index contributed by atoms with van der Waals surface area (Å²) in [7, 11) is -1.41. The van der Waals surface area contributed by atoms with Gasteiger partial charge in [0.2, 0.25) is 0 Å². The van der Waals surface area contributed by atoms with Gasteiger partial charge in [0.15, 0.2) is 8.24 Å². The van der Waals surface area contributed by atoms with Crippen LogP contribution in [0.5, 0.6) is 0 Å². The van der Waals surface area contributed by atoms with Gasteiger partial charge in [0.25, 0.3) is 0 Å². The second-order valence-electron chi connectivity index (χ2n) is 3.98. The van der Waals surface area contributed by atoms with Gasteiger partial charge in [-0.2, -0.15) is 0 Å². The first-order valence-electron chi connectivity index (χ1n) is 4.89. The third-order valence-corrected chi connectivity index (χ3v) is 8.19. The molecule has 1 nitrogen and oxygen atoms in total. The van der Waals surface area contributed by atoms with E-state index in [1.165, 1.54) is 0 Å². The molecule has 0 radical (unpaired) electrons. The number of nitrogens with one attached hydrogen (secondary N) is 1. The highest BCUT2D eigenvalue weighted by Gasteiger charge is 2.35. The molecule has 0 amide bonds. The van der Waals surface area contributed by atoms with Gasteiger partial charge in [-0.3, -0.25) is 0 Å². The average molecular weight is 185 g/mol. The summed E-state index contributed by atoms with van der Waals surface area (Å²) in [6.45, 7) is 16.4. The van der Waals surface area contributed by atoms with Crippen LogP contribution in [0.4, 0.5) is 0 Å². The van der Waals surface area contributed by atoms with Crippen LogP contribution >= 0.6 is 0 Å². The minimum absolute atomic E-state index is 0.731. The summed E-state index contributed by atoms with van der Waals surface area (Å²) in [5.74, 6) is 0. The molecule has 0 aromatic heterocycles. The summed E-state index contributed by atoms with van der Waals surface area (Å²) < 4.78 is 0. The van der Waals surface area contributed by atoms with Crippen molar-refractivity contribution in [1.29, 1.82) is 0 Å². The summed E-state index contributed by atoms with van der Waals surface area (Å²) in [4.78, 5) is 3.67. The summed E-state index contributed by atoms with van der Waals surface area (Å²) in [6.07, 6.45) is 0. The van der Waals surface area contributed by atoms with E-state index in [2.05, 4.69) is 51.9 Å². The topological polar surface area (TPSA) is 12.0 Å². The van der Waals surface area contributed by atoms with Gasteiger partial charge >= 0.3 is 0 Å². The van der Waals surface area contributed by atoms with Gasteiger partial charge in [0.1, 0.15) is 0 Å². The quantitative estimate of drug-likeness (QED) is 0.649. The number of hydrogen-bond acceptors (Lipinski definition) is 1. The maximum absolute atomic E-state index is 3.99. The summed E-state index contributed by atoms with van der Waals surface area (Å²) in [5, 5.41) is 0. The molecule has 0 spiro atoms. The van der Waals surface area contributed by atoms with E-state index in [1.54, 1.807) is 0 Å². The van der Waals surface area contributed by atoms with Crippen molar-refractivity contribution in [3.05, 3.63) is 12.3 Å². The molecule has 0 aliphatic rings. The van der Waals surface area contributed by atoms with Gasteiger partial charge in [-0.25, -0.2) is 0 Å². The molecule has 0 aliphatic heterocycles. The standard InChI is InChI=1S/C10H23NSi/c1-7-11-12(8-2,9(3)4)10(5)6/h8-11H,2,7H2,1,3-6H3. The van der Waals surface area contributed by atoms with Crippen LogP contribution in [0, 0.1) is 0 Å². The highest BCUT2D eigenvalue weighted by molar-refractivity contribution is 6.84. The van der Waals surface area contributed by atoms with Gasteiger partial charge < -0.3 is 4.98 Å². The molecule has 0 aromatic carbocycles. The molecule has 0 atom stereocenters. The van der Waals surface area contributed by atoms with Crippen LogP contribution in [0.1, 0.15) is 34.6 Å². The lowest BCUT2D eigenvalue weighted by Crippen LogP contribution is -2.54. The molecule has 2 heteroatoms. The Morgan fingerprint density at radius 3 is 1.75 bits per heavy atom. The minimum atomic E-state index is -1.41. The molecule has 0 saturated carbocycles. The molecule has 0 heterocycles. The largest absolute Gasteiger partial charge is 0.334 e. The maximum Gasteiger partial charge on any atom is 0.155 e. The third-order valence-electron chi connectivity index (χ3n) is 2.73. The van der Waals surface area contributed by atoms with Crippen molar-refractivity contribution in [2.75, 3.05) is 6.54 Å². The lowest BCUT2D eigenvalue weighted by atomic mass is 10.5. The Hall–Kier alpha value is -0.0831. The van der Waals surface area contributed by atoms with Crippen LogP contribution in [0.2, 0.25) is 11.1 Å². The zero-order chi connectivity index (χ0) is 9.78. The Morgan fingerprint density at radius 1 is 1.25 bits per heavy atom. The van der Waals surface area contributed by atoms with Crippen LogP contribution < -0.4 is 4.98 Å². The van der Waals surface area contributed by atoms with Crippen molar-refractivity contribution in [3.8, 4) is 0 Å². The van der Waals surface area contributed by atoms with Crippen molar-refractivity contribution >= 4 is 8.24 Å². The van der Waals surface area contributed by atoms with Crippen LogP contribution in [0.15, 0.2) is 12.3 Å². The lowest BCUT2D eigenvalue weighted by molar-refractivity contribution is 0.818. The monoisotopic (exact) mass is 185 g/mol. The Kier molecular flexibility index (Phi) is 4.79. The molecule has 12 heavy (non-hydrogen) atoms. The van der Waals surface area contributed by atoms with E-state index in [0.29, 0.717) is 0 Å². The van der Waals surface area contributed by atoms with E-state index < -0.39 is 8.24 Å². The van der Waals surface area contributed by atoms with Crippen LogP contribution in [0.25, 0.3) is 0 Å². The highest BCUT2D eigenvalue weighted by atomic mass is 28.3.